The molecule has 1 aromatic rings. The predicted octanol–water partition coefficient (Wildman–Crippen LogP) is 3.47. The summed E-state index contributed by atoms with van der Waals surface area (Å²) in [6.07, 6.45) is 7.91. The number of esters is 1. The monoisotopic (exact) mass is 428 g/mol. The minimum atomic E-state index is -1.05. The van der Waals surface area contributed by atoms with Crippen molar-refractivity contribution in [2.75, 3.05) is 6.61 Å². The summed E-state index contributed by atoms with van der Waals surface area (Å²) in [6, 6.07) is 5.58. The normalized spacial score (nSPS) is 18.4. The number of nitrogens with one attached hydrogen (secondary N) is 1. The van der Waals surface area contributed by atoms with E-state index < -0.39 is 30.4 Å². The molecule has 0 saturated heterocycles. The van der Waals surface area contributed by atoms with E-state index in [-0.39, 0.29) is 35.4 Å². The summed E-state index contributed by atoms with van der Waals surface area (Å²) >= 11 is 0. The minimum Gasteiger partial charge on any atom is -0.454 e. The number of hydrogen-bond acceptors (Lipinski definition) is 5. The number of fused-ring (bicyclic) bond motifs is 1. The zero-order valence-corrected chi connectivity index (χ0v) is 18.4. The summed E-state index contributed by atoms with van der Waals surface area (Å²) in [5, 5.41) is 2.96. The first-order chi connectivity index (χ1) is 14.9. The molecule has 7 heteroatoms. The van der Waals surface area contributed by atoms with E-state index in [1.54, 1.807) is 24.3 Å². The molecule has 1 saturated carbocycles. The maximum absolute atomic E-state index is 12.9. The van der Waals surface area contributed by atoms with Crippen LogP contribution in [0.3, 0.4) is 0 Å². The number of ether oxygens (including phenoxy) is 1. The van der Waals surface area contributed by atoms with Crippen LogP contribution in [0.2, 0.25) is 0 Å². The van der Waals surface area contributed by atoms with Gasteiger partial charge in [0.1, 0.15) is 6.04 Å². The molecular weight excluding hydrogens is 396 g/mol. The number of carbonyl (C=O) groups excluding carboxylic acids is 4. The molecule has 2 aliphatic rings. The van der Waals surface area contributed by atoms with Gasteiger partial charge in [-0.3, -0.25) is 19.3 Å². The third-order valence-electron chi connectivity index (χ3n) is 5.92. The SMILES string of the molecule is CC(C)CC(C(=O)OCC(=O)NC1CCCCCCC1)N1C(=O)c2ccccc2C1=O. The molecule has 0 aromatic heterocycles. The lowest BCUT2D eigenvalue weighted by Crippen LogP contribution is -2.47. The van der Waals surface area contributed by atoms with Gasteiger partial charge < -0.3 is 10.1 Å². The van der Waals surface area contributed by atoms with E-state index >= 15 is 0 Å². The van der Waals surface area contributed by atoms with Crippen molar-refractivity contribution in [2.45, 2.75) is 77.3 Å². The first-order valence-electron chi connectivity index (χ1n) is 11.3. The van der Waals surface area contributed by atoms with Crippen molar-refractivity contribution >= 4 is 23.7 Å². The van der Waals surface area contributed by atoms with E-state index in [0.29, 0.717) is 0 Å². The highest BCUT2D eigenvalue weighted by atomic mass is 16.5. The van der Waals surface area contributed by atoms with Gasteiger partial charge in [0.2, 0.25) is 0 Å². The molecular formula is C24H32N2O5. The fraction of sp³-hybridized carbons (Fsp3) is 0.583. The van der Waals surface area contributed by atoms with Gasteiger partial charge in [0.25, 0.3) is 17.7 Å². The van der Waals surface area contributed by atoms with Crippen LogP contribution in [0.5, 0.6) is 0 Å². The number of benzene rings is 1. The summed E-state index contributed by atoms with van der Waals surface area (Å²) < 4.78 is 5.28. The molecule has 0 radical (unpaired) electrons. The highest BCUT2D eigenvalue weighted by Gasteiger charge is 2.43. The Kier molecular flexibility index (Phi) is 7.82. The number of carbonyl (C=O) groups is 4. The molecule has 1 heterocycles. The molecule has 3 rings (SSSR count). The van der Waals surface area contributed by atoms with Crippen LogP contribution in [0.1, 0.15) is 85.9 Å². The Morgan fingerprint density at radius 3 is 2.10 bits per heavy atom. The lowest BCUT2D eigenvalue weighted by molar-refractivity contribution is -0.153. The quantitative estimate of drug-likeness (QED) is 0.530. The number of imide groups is 1. The molecule has 168 valence electrons. The third-order valence-corrected chi connectivity index (χ3v) is 5.92. The van der Waals surface area contributed by atoms with E-state index in [1.807, 2.05) is 13.8 Å². The molecule has 1 aliphatic carbocycles. The summed E-state index contributed by atoms with van der Waals surface area (Å²) in [7, 11) is 0. The molecule has 1 atom stereocenters. The molecule has 7 nitrogen and oxygen atoms in total. The average molecular weight is 429 g/mol. The van der Waals surface area contributed by atoms with Gasteiger partial charge in [0.15, 0.2) is 6.61 Å². The van der Waals surface area contributed by atoms with Gasteiger partial charge in [-0.15, -0.1) is 0 Å². The molecule has 1 fully saturated rings. The van der Waals surface area contributed by atoms with Gasteiger partial charge in [-0.25, -0.2) is 4.79 Å². The first-order valence-corrected chi connectivity index (χ1v) is 11.3. The zero-order valence-electron chi connectivity index (χ0n) is 18.4. The Labute approximate surface area is 183 Å². The maximum Gasteiger partial charge on any atom is 0.329 e. The molecule has 0 bridgehead atoms. The smallest absolute Gasteiger partial charge is 0.329 e. The molecule has 1 unspecified atom stereocenters. The van der Waals surface area contributed by atoms with Crippen LogP contribution in [-0.2, 0) is 14.3 Å². The van der Waals surface area contributed by atoms with Gasteiger partial charge >= 0.3 is 5.97 Å². The number of rotatable bonds is 7. The highest BCUT2D eigenvalue weighted by Crippen LogP contribution is 2.27. The fourth-order valence-electron chi connectivity index (χ4n) is 4.35. The topological polar surface area (TPSA) is 92.8 Å². The first kappa shape index (κ1) is 23.0. The molecule has 1 N–H and O–H groups in total. The number of hydrogen-bond donors (Lipinski definition) is 1. The third kappa shape index (κ3) is 5.71. The van der Waals surface area contributed by atoms with Gasteiger partial charge in [0.05, 0.1) is 11.1 Å². The van der Waals surface area contributed by atoms with Crippen LogP contribution in [-0.4, -0.2) is 47.3 Å². The minimum absolute atomic E-state index is 0.0469. The van der Waals surface area contributed by atoms with Gasteiger partial charge in [0, 0.05) is 6.04 Å². The number of amides is 3. The average Bonchev–Trinajstić information content (AvgIpc) is 2.97. The highest BCUT2D eigenvalue weighted by molar-refractivity contribution is 6.22. The van der Waals surface area contributed by atoms with Gasteiger partial charge in [-0.1, -0.05) is 58.1 Å². The second-order valence-corrected chi connectivity index (χ2v) is 8.89. The van der Waals surface area contributed by atoms with E-state index in [9.17, 15) is 19.2 Å². The lowest BCUT2D eigenvalue weighted by atomic mass is 9.97. The Hall–Kier alpha value is -2.70. The summed E-state index contributed by atoms with van der Waals surface area (Å²) in [4.78, 5) is 51.8. The second-order valence-electron chi connectivity index (χ2n) is 8.89. The fourth-order valence-corrected chi connectivity index (χ4v) is 4.35. The zero-order chi connectivity index (χ0) is 22.4. The van der Waals surface area contributed by atoms with Crippen LogP contribution in [0.15, 0.2) is 24.3 Å². The van der Waals surface area contributed by atoms with E-state index in [2.05, 4.69) is 5.32 Å². The Morgan fingerprint density at radius 1 is 1.00 bits per heavy atom. The predicted molar refractivity (Wildman–Crippen MR) is 115 cm³/mol. The lowest BCUT2D eigenvalue weighted by Gasteiger charge is -2.26. The second kappa shape index (κ2) is 10.6. The molecule has 0 spiro atoms. The van der Waals surface area contributed by atoms with E-state index in [4.69, 9.17) is 4.74 Å². The van der Waals surface area contributed by atoms with Crippen molar-refractivity contribution in [1.82, 2.24) is 10.2 Å². The van der Waals surface area contributed by atoms with Crippen LogP contribution < -0.4 is 5.32 Å². The molecule has 1 aromatic carbocycles. The Bertz CT molecular complexity index is 792. The van der Waals surface area contributed by atoms with Crippen molar-refractivity contribution in [3.8, 4) is 0 Å². The summed E-state index contributed by atoms with van der Waals surface area (Å²) in [5.41, 5.74) is 0.576. The maximum atomic E-state index is 12.9. The van der Waals surface area contributed by atoms with E-state index in [1.165, 1.54) is 19.3 Å². The van der Waals surface area contributed by atoms with Crippen molar-refractivity contribution in [2.24, 2.45) is 5.92 Å². The van der Waals surface area contributed by atoms with Crippen LogP contribution in [0, 0.1) is 5.92 Å². The van der Waals surface area contributed by atoms with Crippen LogP contribution in [0.4, 0.5) is 0 Å². The van der Waals surface area contributed by atoms with Crippen molar-refractivity contribution in [3.63, 3.8) is 0 Å². The van der Waals surface area contributed by atoms with Crippen LogP contribution >= 0.6 is 0 Å². The van der Waals surface area contributed by atoms with Crippen LogP contribution in [0.25, 0.3) is 0 Å². The summed E-state index contributed by atoms with van der Waals surface area (Å²) in [5.74, 6) is -2.02. The molecule has 1 aliphatic heterocycles. The van der Waals surface area contributed by atoms with Crippen molar-refractivity contribution in [1.29, 1.82) is 0 Å². The number of nitrogens with zero attached hydrogens (tertiary/aromatic N) is 1. The molecule has 31 heavy (non-hydrogen) atoms. The summed E-state index contributed by atoms with van der Waals surface area (Å²) in [6.45, 7) is 3.40. The van der Waals surface area contributed by atoms with Crippen molar-refractivity contribution < 1.29 is 23.9 Å². The van der Waals surface area contributed by atoms with Gasteiger partial charge in [-0.05, 0) is 37.3 Å². The van der Waals surface area contributed by atoms with E-state index in [0.717, 1.165) is 30.6 Å². The Balaban J connectivity index is 1.62. The van der Waals surface area contributed by atoms with Crippen molar-refractivity contribution in [3.05, 3.63) is 35.4 Å². The Morgan fingerprint density at radius 2 is 1.55 bits per heavy atom. The van der Waals surface area contributed by atoms with Gasteiger partial charge in [-0.2, -0.15) is 0 Å². The largest absolute Gasteiger partial charge is 0.454 e. The molecule has 3 amide bonds. The standard InChI is InChI=1S/C24H32N2O5/c1-16(2)14-20(26-22(28)18-12-8-9-13-19(18)23(26)29)24(30)31-15-21(27)25-17-10-6-4-3-5-7-11-17/h8-9,12-13,16-17,20H,3-7,10-11,14-15H2,1-2H3,(H,25,27).